The summed E-state index contributed by atoms with van der Waals surface area (Å²) in [5.41, 5.74) is 0.939. The van der Waals surface area contributed by atoms with Crippen LogP contribution in [0.4, 0.5) is 9.93 Å². The standard InChI is InChI=1S/C17H26N4O2S/c1-11-12(2)24-16(18-11)20-15(22)14-9-6-10-21(14)17(23)19-13-7-4-3-5-8-13/h13-14H,3-10H2,1-2H3,(H,19,23)(H,18,20,22). The lowest BCUT2D eigenvalue weighted by atomic mass is 9.96. The van der Waals surface area contributed by atoms with Crippen molar-refractivity contribution < 1.29 is 9.59 Å². The van der Waals surface area contributed by atoms with E-state index in [9.17, 15) is 9.59 Å². The molecule has 0 radical (unpaired) electrons. The first-order chi connectivity index (χ1) is 11.5. The van der Waals surface area contributed by atoms with Gasteiger partial charge in [0.15, 0.2) is 5.13 Å². The highest BCUT2D eigenvalue weighted by Crippen LogP contribution is 2.24. The summed E-state index contributed by atoms with van der Waals surface area (Å²) >= 11 is 1.48. The van der Waals surface area contributed by atoms with Gasteiger partial charge < -0.3 is 15.5 Å². The summed E-state index contributed by atoms with van der Waals surface area (Å²) in [5, 5.41) is 6.62. The fourth-order valence-electron chi connectivity index (χ4n) is 3.50. The van der Waals surface area contributed by atoms with Gasteiger partial charge in [-0.25, -0.2) is 9.78 Å². The normalized spacial score (nSPS) is 21.8. The third-order valence-electron chi connectivity index (χ3n) is 5.01. The van der Waals surface area contributed by atoms with E-state index in [0.29, 0.717) is 18.1 Å². The van der Waals surface area contributed by atoms with E-state index in [1.807, 2.05) is 13.8 Å². The zero-order valence-corrected chi connectivity index (χ0v) is 15.2. The number of hydrogen-bond donors (Lipinski definition) is 2. The molecule has 6 nitrogen and oxygen atoms in total. The first-order valence-corrected chi connectivity index (χ1v) is 9.68. The number of thiazole rings is 1. The van der Waals surface area contributed by atoms with Crippen molar-refractivity contribution in [2.24, 2.45) is 0 Å². The zero-order valence-electron chi connectivity index (χ0n) is 14.4. The van der Waals surface area contributed by atoms with Gasteiger partial charge >= 0.3 is 6.03 Å². The Morgan fingerprint density at radius 3 is 2.54 bits per heavy atom. The molecule has 0 bridgehead atoms. The van der Waals surface area contributed by atoms with Crippen LogP contribution >= 0.6 is 11.3 Å². The minimum absolute atomic E-state index is 0.0916. The van der Waals surface area contributed by atoms with Crippen LogP contribution in [0.2, 0.25) is 0 Å². The predicted molar refractivity (Wildman–Crippen MR) is 95.4 cm³/mol. The van der Waals surface area contributed by atoms with Crippen LogP contribution in [0, 0.1) is 13.8 Å². The summed E-state index contributed by atoms with van der Waals surface area (Å²) in [7, 11) is 0. The minimum Gasteiger partial charge on any atom is -0.335 e. The van der Waals surface area contributed by atoms with Crippen molar-refractivity contribution in [3.63, 3.8) is 0 Å². The number of anilines is 1. The molecule has 3 rings (SSSR count). The van der Waals surface area contributed by atoms with Gasteiger partial charge in [0.1, 0.15) is 6.04 Å². The molecule has 7 heteroatoms. The second-order valence-electron chi connectivity index (χ2n) is 6.79. The monoisotopic (exact) mass is 350 g/mol. The molecule has 3 amide bonds. The number of carbonyl (C=O) groups is 2. The molecule has 1 unspecified atom stereocenters. The van der Waals surface area contributed by atoms with Crippen LogP contribution in [0.3, 0.4) is 0 Å². The van der Waals surface area contributed by atoms with Gasteiger partial charge in [-0.1, -0.05) is 19.3 Å². The molecule has 1 saturated heterocycles. The Hall–Kier alpha value is -1.63. The Morgan fingerprint density at radius 1 is 1.12 bits per heavy atom. The van der Waals surface area contributed by atoms with Crippen LogP contribution in [0.1, 0.15) is 55.5 Å². The molecule has 2 heterocycles. The number of nitrogens with one attached hydrogen (secondary N) is 2. The fourth-order valence-corrected chi connectivity index (χ4v) is 4.32. The van der Waals surface area contributed by atoms with Crippen molar-refractivity contribution in [2.45, 2.75) is 70.9 Å². The second kappa shape index (κ2) is 7.51. The van der Waals surface area contributed by atoms with E-state index < -0.39 is 6.04 Å². The van der Waals surface area contributed by atoms with E-state index in [0.717, 1.165) is 29.8 Å². The Morgan fingerprint density at radius 2 is 1.88 bits per heavy atom. The SMILES string of the molecule is Cc1nc(NC(=O)C2CCCN2C(=O)NC2CCCCC2)sc1C. The van der Waals surface area contributed by atoms with Gasteiger partial charge in [0, 0.05) is 17.5 Å². The molecule has 132 valence electrons. The molecular formula is C17H26N4O2S. The van der Waals surface area contributed by atoms with Crippen molar-refractivity contribution in [3.8, 4) is 0 Å². The molecule has 0 spiro atoms. The van der Waals surface area contributed by atoms with Crippen LogP contribution in [0.25, 0.3) is 0 Å². The summed E-state index contributed by atoms with van der Waals surface area (Å²) in [6.45, 7) is 4.57. The number of likely N-dealkylation sites (tertiary alicyclic amines) is 1. The molecule has 1 saturated carbocycles. The fraction of sp³-hybridized carbons (Fsp3) is 0.706. The van der Waals surface area contributed by atoms with E-state index in [1.54, 1.807) is 4.90 Å². The number of carbonyl (C=O) groups excluding carboxylic acids is 2. The summed E-state index contributed by atoms with van der Waals surface area (Å²) in [6.07, 6.45) is 7.30. The lowest BCUT2D eigenvalue weighted by Crippen LogP contribution is -2.50. The zero-order chi connectivity index (χ0) is 17.1. The molecule has 1 aromatic heterocycles. The number of aromatic nitrogens is 1. The van der Waals surface area contributed by atoms with Crippen molar-refractivity contribution >= 4 is 28.4 Å². The first kappa shape index (κ1) is 17.2. The van der Waals surface area contributed by atoms with Crippen LogP contribution in [-0.2, 0) is 4.79 Å². The van der Waals surface area contributed by atoms with Crippen molar-refractivity contribution in [2.75, 3.05) is 11.9 Å². The summed E-state index contributed by atoms with van der Waals surface area (Å²) in [6, 6.07) is -0.219. The molecule has 2 fully saturated rings. The van der Waals surface area contributed by atoms with Gasteiger partial charge in [0.2, 0.25) is 5.91 Å². The highest BCUT2D eigenvalue weighted by Gasteiger charge is 2.35. The van der Waals surface area contributed by atoms with Gasteiger partial charge in [0.25, 0.3) is 0 Å². The summed E-state index contributed by atoms with van der Waals surface area (Å²) in [5.74, 6) is -0.125. The van der Waals surface area contributed by atoms with Crippen LogP contribution < -0.4 is 10.6 Å². The Bertz CT molecular complexity index is 590. The van der Waals surface area contributed by atoms with Crippen LogP contribution in [-0.4, -0.2) is 40.5 Å². The average molecular weight is 350 g/mol. The molecule has 1 aromatic rings. The summed E-state index contributed by atoms with van der Waals surface area (Å²) in [4.78, 5) is 32.3. The van der Waals surface area contributed by atoms with E-state index in [-0.39, 0.29) is 18.0 Å². The largest absolute Gasteiger partial charge is 0.335 e. The van der Waals surface area contributed by atoms with Gasteiger partial charge in [0.05, 0.1) is 5.69 Å². The molecule has 2 N–H and O–H groups in total. The third-order valence-corrected chi connectivity index (χ3v) is 6.00. The van der Waals surface area contributed by atoms with E-state index in [2.05, 4.69) is 15.6 Å². The van der Waals surface area contributed by atoms with Gasteiger partial charge in [-0.2, -0.15) is 0 Å². The van der Waals surface area contributed by atoms with Gasteiger partial charge in [-0.05, 0) is 39.5 Å². The highest BCUT2D eigenvalue weighted by molar-refractivity contribution is 7.15. The molecule has 0 aromatic carbocycles. The van der Waals surface area contributed by atoms with Crippen molar-refractivity contribution in [1.82, 2.24) is 15.2 Å². The number of nitrogens with zero attached hydrogens (tertiary/aromatic N) is 2. The molecule has 24 heavy (non-hydrogen) atoms. The topological polar surface area (TPSA) is 74.3 Å². The maximum atomic E-state index is 12.6. The number of rotatable bonds is 3. The predicted octanol–water partition coefficient (Wildman–Crippen LogP) is 3.21. The smallest absolute Gasteiger partial charge is 0.318 e. The maximum absolute atomic E-state index is 12.6. The molecule has 1 atom stereocenters. The van der Waals surface area contributed by atoms with E-state index >= 15 is 0 Å². The minimum atomic E-state index is -0.391. The third kappa shape index (κ3) is 3.88. The Kier molecular flexibility index (Phi) is 5.38. The Labute approximate surface area is 147 Å². The highest BCUT2D eigenvalue weighted by atomic mass is 32.1. The number of hydrogen-bond acceptors (Lipinski definition) is 4. The van der Waals surface area contributed by atoms with Crippen molar-refractivity contribution in [3.05, 3.63) is 10.6 Å². The molecule has 2 aliphatic rings. The maximum Gasteiger partial charge on any atom is 0.318 e. The van der Waals surface area contributed by atoms with E-state index in [4.69, 9.17) is 0 Å². The number of amides is 3. The Balaban J connectivity index is 1.59. The summed E-state index contributed by atoms with van der Waals surface area (Å²) < 4.78 is 0. The number of urea groups is 1. The first-order valence-electron chi connectivity index (χ1n) is 8.86. The van der Waals surface area contributed by atoms with Crippen LogP contribution in [0.5, 0.6) is 0 Å². The van der Waals surface area contributed by atoms with E-state index in [1.165, 1.54) is 30.6 Å². The van der Waals surface area contributed by atoms with Gasteiger partial charge in [-0.15, -0.1) is 11.3 Å². The lowest BCUT2D eigenvalue weighted by molar-refractivity contribution is -0.119. The van der Waals surface area contributed by atoms with Gasteiger partial charge in [-0.3, -0.25) is 4.79 Å². The lowest BCUT2D eigenvalue weighted by Gasteiger charge is -2.28. The van der Waals surface area contributed by atoms with Crippen molar-refractivity contribution in [1.29, 1.82) is 0 Å². The molecule has 1 aliphatic carbocycles. The molecule has 1 aliphatic heterocycles. The molecular weight excluding hydrogens is 324 g/mol. The second-order valence-corrected chi connectivity index (χ2v) is 7.99. The average Bonchev–Trinajstić information content (AvgIpc) is 3.16. The number of aryl methyl sites for hydroxylation is 2. The van der Waals surface area contributed by atoms with Crippen LogP contribution in [0.15, 0.2) is 0 Å². The quantitative estimate of drug-likeness (QED) is 0.879.